The Bertz CT molecular complexity index is 497. The van der Waals surface area contributed by atoms with Crippen molar-refractivity contribution in [1.29, 1.82) is 0 Å². The molecule has 0 saturated carbocycles. The van der Waals surface area contributed by atoms with Gasteiger partial charge in [0.2, 0.25) is 0 Å². The van der Waals surface area contributed by atoms with Gasteiger partial charge in [-0.15, -0.1) is 0 Å². The Morgan fingerprint density at radius 3 is 3.00 bits per heavy atom. The number of nitrogens with zero attached hydrogens (tertiary/aromatic N) is 1. The summed E-state index contributed by atoms with van der Waals surface area (Å²) < 4.78 is 6.09. The first kappa shape index (κ1) is 13.1. The van der Waals surface area contributed by atoms with Crippen LogP contribution in [0.25, 0.3) is 6.08 Å². The van der Waals surface area contributed by atoms with Crippen LogP contribution in [0.4, 0.5) is 5.69 Å². The Kier molecular flexibility index (Phi) is 4.07. The lowest BCUT2D eigenvalue weighted by atomic mass is 10.1. The zero-order valence-corrected chi connectivity index (χ0v) is 12.2. The largest absolute Gasteiger partial charge is 0.463 e. The number of hydrogen-bond donors (Lipinski definition) is 0. The molecule has 1 aliphatic heterocycles. The van der Waals surface area contributed by atoms with Gasteiger partial charge in [0.05, 0.1) is 6.61 Å². The standard InChI is InChI=1S/C14H16BrNO2/c1-3-18-14(17)10-6-7-16(2)13-5-4-12(15)9-11(13)8-10/h4-5,8-9H,3,6-7H2,1-2H3. The quantitative estimate of drug-likeness (QED) is 0.786. The first-order chi connectivity index (χ1) is 8.61. The van der Waals surface area contributed by atoms with Crippen LogP contribution in [0.1, 0.15) is 18.9 Å². The number of carbonyl (C=O) groups excluding carboxylic acids is 1. The van der Waals surface area contributed by atoms with Gasteiger partial charge in [0.1, 0.15) is 0 Å². The maximum atomic E-state index is 11.8. The summed E-state index contributed by atoms with van der Waals surface area (Å²) in [6, 6.07) is 6.10. The molecule has 0 N–H and O–H groups in total. The third kappa shape index (κ3) is 2.75. The monoisotopic (exact) mass is 309 g/mol. The molecule has 4 heteroatoms. The lowest BCUT2D eigenvalue weighted by molar-refractivity contribution is -0.138. The molecule has 0 atom stereocenters. The summed E-state index contributed by atoms with van der Waals surface area (Å²) in [4.78, 5) is 14.0. The van der Waals surface area contributed by atoms with Crippen LogP contribution in [0.15, 0.2) is 28.2 Å². The third-order valence-electron chi connectivity index (χ3n) is 2.98. The summed E-state index contributed by atoms with van der Waals surface area (Å²) >= 11 is 3.46. The minimum Gasteiger partial charge on any atom is -0.463 e. The normalized spacial score (nSPS) is 14.6. The molecule has 1 aromatic rings. The fraction of sp³-hybridized carbons (Fsp3) is 0.357. The summed E-state index contributed by atoms with van der Waals surface area (Å²) in [5, 5.41) is 0. The molecule has 0 amide bonds. The number of esters is 1. The van der Waals surface area contributed by atoms with E-state index in [-0.39, 0.29) is 5.97 Å². The number of hydrogen-bond acceptors (Lipinski definition) is 3. The first-order valence-electron chi connectivity index (χ1n) is 6.00. The molecule has 0 aliphatic carbocycles. The SMILES string of the molecule is CCOC(=O)C1=Cc2cc(Br)ccc2N(C)CC1. The van der Waals surface area contributed by atoms with E-state index in [4.69, 9.17) is 4.74 Å². The van der Waals surface area contributed by atoms with Crippen molar-refractivity contribution in [1.82, 2.24) is 0 Å². The molecule has 0 radical (unpaired) electrons. The fourth-order valence-corrected chi connectivity index (χ4v) is 2.42. The molecule has 0 saturated heterocycles. The highest BCUT2D eigenvalue weighted by Crippen LogP contribution is 2.29. The maximum Gasteiger partial charge on any atom is 0.334 e. The van der Waals surface area contributed by atoms with Gasteiger partial charge in [-0.2, -0.15) is 0 Å². The zero-order valence-electron chi connectivity index (χ0n) is 10.6. The predicted octanol–water partition coefficient (Wildman–Crippen LogP) is 3.24. The Morgan fingerprint density at radius 2 is 2.28 bits per heavy atom. The second-order valence-electron chi connectivity index (χ2n) is 4.26. The van der Waals surface area contributed by atoms with E-state index in [9.17, 15) is 4.79 Å². The second kappa shape index (κ2) is 5.57. The molecule has 1 aliphatic rings. The van der Waals surface area contributed by atoms with E-state index in [1.165, 1.54) is 0 Å². The van der Waals surface area contributed by atoms with Gasteiger partial charge in [-0.05, 0) is 43.2 Å². The molecule has 1 heterocycles. The predicted molar refractivity (Wildman–Crippen MR) is 76.6 cm³/mol. The molecule has 0 aromatic heterocycles. The van der Waals surface area contributed by atoms with Gasteiger partial charge in [-0.1, -0.05) is 15.9 Å². The van der Waals surface area contributed by atoms with Gasteiger partial charge in [0.15, 0.2) is 0 Å². The zero-order chi connectivity index (χ0) is 13.1. The lowest BCUT2D eigenvalue weighted by Gasteiger charge is -2.19. The van der Waals surface area contributed by atoms with Crippen molar-refractivity contribution < 1.29 is 9.53 Å². The lowest BCUT2D eigenvalue weighted by Crippen LogP contribution is -2.19. The minimum absolute atomic E-state index is 0.210. The van der Waals surface area contributed by atoms with Crippen LogP contribution in [-0.4, -0.2) is 26.2 Å². The van der Waals surface area contributed by atoms with Gasteiger partial charge >= 0.3 is 5.97 Å². The molecule has 18 heavy (non-hydrogen) atoms. The van der Waals surface area contributed by atoms with Crippen molar-refractivity contribution in [3.63, 3.8) is 0 Å². The highest BCUT2D eigenvalue weighted by molar-refractivity contribution is 9.10. The summed E-state index contributed by atoms with van der Waals surface area (Å²) in [5.41, 5.74) is 2.92. The molecule has 96 valence electrons. The Balaban J connectivity index is 2.40. The summed E-state index contributed by atoms with van der Waals surface area (Å²) in [6.45, 7) is 3.06. The van der Waals surface area contributed by atoms with E-state index in [0.29, 0.717) is 13.0 Å². The summed E-state index contributed by atoms with van der Waals surface area (Å²) in [7, 11) is 2.04. The Hall–Kier alpha value is -1.29. The molecule has 1 aromatic carbocycles. The van der Waals surface area contributed by atoms with Gasteiger partial charge < -0.3 is 9.64 Å². The van der Waals surface area contributed by atoms with Crippen LogP contribution in [-0.2, 0) is 9.53 Å². The smallest absolute Gasteiger partial charge is 0.334 e. The molecule has 0 unspecified atom stereocenters. The second-order valence-corrected chi connectivity index (χ2v) is 5.18. The molecule has 3 nitrogen and oxygen atoms in total. The molecule has 0 spiro atoms. The minimum atomic E-state index is -0.210. The van der Waals surface area contributed by atoms with E-state index < -0.39 is 0 Å². The topological polar surface area (TPSA) is 29.5 Å². The third-order valence-corrected chi connectivity index (χ3v) is 3.48. The van der Waals surface area contributed by atoms with Crippen LogP contribution in [0.2, 0.25) is 0 Å². The van der Waals surface area contributed by atoms with Crippen molar-refractivity contribution in [2.45, 2.75) is 13.3 Å². The molecule has 0 fully saturated rings. The highest BCUT2D eigenvalue weighted by Gasteiger charge is 2.18. The highest BCUT2D eigenvalue weighted by atomic mass is 79.9. The summed E-state index contributed by atoms with van der Waals surface area (Å²) in [6.07, 6.45) is 2.64. The number of ether oxygens (including phenoxy) is 1. The number of anilines is 1. The molecule has 2 rings (SSSR count). The number of carbonyl (C=O) groups is 1. The fourth-order valence-electron chi connectivity index (χ4n) is 2.04. The van der Waals surface area contributed by atoms with Crippen LogP contribution in [0.5, 0.6) is 0 Å². The van der Waals surface area contributed by atoms with Gasteiger partial charge in [0, 0.05) is 29.3 Å². The number of fused-ring (bicyclic) bond motifs is 1. The van der Waals surface area contributed by atoms with E-state index >= 15 is 0 Å². The van der Waals surface area contributed by atoms with E-state index in [1.807, 2.05) is 32.2 Å². The van der Waals surface area contributed by atoms with Crippen LogP contribution >= 0.6 is 15.9 Å². The first-order valence-corrected chi connectivity index (χ1v) is 6.79. The van der Waals surface area contributed by atoms with Gasteiger partial charge in [0.25, 0.3) is 0 Å². The Labute approximate surface area is 116 Å². The average Bonchev–Trinajstić information content (AvgIpc) is 2.49. The van der Waals surface area contributed by atoms with Crippen molar-refractivity contribution in [2.75, 3.05) is 25.1 Å². The van der Waals surface area contributed by atoms with Crippen molar-refractivity contribution in [3.05, 3.63) is 33.8 Å². The maximum absolute atomic E-state index is 11.8. The molecular weight excluding hydrogens is 294 g/mol. The average molecular weight is 310 g/mol. The van der Waals surface area contributed by atoms with Crippen LogP contribution in [0.3, 0.4) is 0 Å². The van der Waals surface area contributed by atoms with E-state index in [2.05, 4.69) is 26.9 Å². The van der Waals surface area contributed by atoms with Crippen LogP contribution in [0, 0.1) is 0 Å². The van der Waals surface area contributed by atoms with E-state index in [0.717, 1.165) is 27.8 Å². The van der Waals surface area contributed by atoms with Crippen molar-refractivity contribution in [3.8, 4) is 0 Å². The summed E-state index contributed by atoms with van der Waals surface area (Å²) in [5.74, 6) is -0.210. The number of rotatable bonds is 2. The van der Waals surface area contributed by atoms with Crippen LogP contribution < -0.4 is 4.90 Å². The molecule has 0 bridgehead atoms. The molecular formula is C14H16BrNO2. The number of benzene rings is 1. The van der Waals surface area contributed by atoms with E-state index in [1.54, 1.807) is 0 Å². The number of halogens is 1. The Morgan fingerprint density at radius 1 is 1.50 bits per heavy atom. The van der Waals surface area contributed by atoms with Gasteiger partial charge in [-0.3, -0.25) is 0 Å². The van der Waals surface area contributed by atoms with Crippen molar-refractivity contribution >= 4 is 33.7 Å². The van der Waals surface area contributed by atoms with Crippen molar-refractivity contribution in [2.24, 2.45) is 0 Å². The van der Waals surface area contributed by atoms with Gasteiger partial charge in [-0.25, -0.2) is 4.79 Å².